The second-order valence-corrected chi connectivity index (χ2v) is 4.83. The molecule has 1 aromatic rings. The number of ether oxygens (including phenoxy) is 1. The van der Waals surface area contributed by atoms with Crippen molar-refractivity contribution >= 4 is 28.3 Å². The molecular weight excluding hydrogens is 317 g/mol. The third-order valence-electron chi connectivity index (χ3n) is 2.50. The Kier molecular flexibility index (Phi) is 3.98. The van der Waals surface area contributed by atoms with Gasteiger partial charge in [-0.3, -0.25) is 5.01 Å². The molecular formula is C11H14IN3O. The van der Waals surface area contributed by atoms with Gasteiger partial charge in [-0.25, -0.2) is 0 Å². The Labute approximate surface area is 109 Å². The van der Waals surface area contributed by atoms with E-state index in [4.69, 9.17) is 4.74 Å². The second kappa shape index (κ2) is 5.47. The predicted octanol–water partition coefficient (Wildman–Crippen LogP) is 3.39. The maximum Gasteiger partial charge on any atom is 0.132 e. The summed E-state index contributed by atoms with van der Waals surface area (Å²) in [6.07, 6.45) is 2.44. The number of halogens is 1. The number of hydrogen-bond acceptors (Lipinski definition) is 3. The zero-order valence-electron chi connectivity index (χ0n) is 9.19. The van der Waals surface area contributed by atoms with Gasteiger partial charge in [-0.05, 0) is 53.6 Å². The molecule has 0 spiro atoms. The Morgan fingerprint density at radius 3 is 2.69 bits per heavy atom. The highest BCUT2D eigenvalue weighted by Crippen LogP contribution is 2.26. The molecule has 1 heterocycles. The van der Waals surface area contributed by atoms with Crippen LogP contribution in [0.5, 0.6) is 5.75 Å². The summed E-state index contributed by atoms with van der Waals surface area (Å²) >= 11 is 2.23. The first-order valence-electron chi connectivity index (χ1n) is 5.30. The second-order valence-electron chi connectivity index (χ2n) is 3.67. The van der Waals surface area contributed by atoms with Crippen LogP contribution < -0.4 is 4.74 Å². The maximum atomic E-state index is 5.19. The standard InChI is InChI=1S/C11H14IN3O/c1-16-11-5-4-9(8-10(11)12)13-14-15-6-2-3-7-15/h4-5,8H,2-3,6-7H2,1H3. The summed E-state index contributed by atoms with van der Waals surface area (Å²) in [7, 11) is 1.67. The van der Waals surface area contributed by atoms with Gasteiger partial charge in [-0.15, -0.1) is 5.11 Å². The average Bonchev–Trinajstić information content (AvgIpc) is 2.79. The van der Waals surface area contributed by atoms with Gasteiger partial charge in [0.15, 0.2) is 0 Å². The van der Waals surface area contributed by atoms with Crippen LogP contribution in [0.3, 0.4) is 0 Å². The molecule has 5 heteroatoms. The Morgan fingerprint density at radius 2 is 2.06 bits per heavy atom. The van der Waals surface area contributed by atoms with Crippen LogP contribution in [-0.4, -0.2) is 25.2 Å². The van der Waals surface area contributed by atoms with E-state index < -0.39 is 0 Å². The maximum absolute atomic E-state index is 5.19. The number of hydrogen-bond donors (Lipinski definition) is 0. The van der Waals surface area contributed by atoms with E-state index in [-0.39, 0.29) is 0 Å². The van der Waals surface area contributed by atoms with Gasteiger partial charge >= 0.3 is 0 Å². The van der Waals surface area contributed by atoms with Crippen LogP contribution in [0.2, 0.25) is 0 Å². The summed E-state index contributed by atoms with van der Waals surface area (Å²) in [6, 6.07) is 5.81. The van der Waals surface area contributed by atoms with E-state index in [0.29, 0.717) is 0 Å². The van der Waals surface area contributed by atoms with Crippen LogP contribution in [0.15, 0.2) is 28.5 Å². The Balaban J connectivity index is 2.06. The van der Waals surface area contributed by atoms with Gasteiger partial charge < -0.3 is 4.74 Å². The van der Waals surface area contributed by atoms with Gasteiger partial charge in [-0.1, -0.05) is 5.22 Å². The van der Waals surface area contributed by atoms with E-state index in [2.05, 4.69) is 32.9 Å². The minimum Gasteiger partial charge on any atom is -0.496 e. The quantitative estimate of drug-likeness (QED) is 0.629. The lowest BCUT2D eigenvalue weighted by Crippen LogP contribution is -2.09. The zero-order chi connectivity index (χ0) is 11.4. The topological polar surface area (TPSA) is 37.2 Å². The molecule has 4 nitrogen and oxygen atoms in total. The SMILES string of the molecule is COc1ccc(N=NN2CCCC2)cc1I. The lowest BCUT2D eigenvalue weighted by Gasteiger charge is -2.07. The molecule has 0 aromatic heterocycles. The van der Waals surface area contributed by atoms with Gasteiger partial charge in [0.05, 0.1) is 16.4 Å². The highest BCUT2D eigenvalue weighted by atomic mass is 127. The predicted molar refractivity (Wildman–Crippen MR) is 71.0 cm³/mol. The van der Waals surface area contributed by atoms with Crippen LogP contribution in [-0.2, 0) is 0 Å². The van der Waals surface area contributed by atoms with Gasteiger partial charge in [0, 0.05) is 13.1 Å². The first kappa shape index (κ1) is 11.6. The van der Waals surface area contributed by atoms with Crippen molar-refractivity contribution in [2.45, 2.75) is 12.8 Å². The van der Waals surface area contributed by atoms with Crippen molar-refractivity contribution in [1.29, 1.82) is 0 Å². The van der Waals surface area contributed by atoms with Gasteiger partial charge in [0.2, 0.25) is 0 Å². The summed E-state index contributed by atoms with van der Waals surface area (Å²) in [5, 5.41) is 10.4. The van der Waals surface area contributed by atoms with E-state index in [9.17, 15) is 0 Å². The molecule has 2 rings (SSSR count). The fraction of sp³-hybridized carbons (Fsp3) is 0.455. The molecule has 1 aliphatic heterocycles. The molecule has 1 fully saturated rings. The molecule has 0 bridgehead atoms. The number of methoxy groups -OCH3 is 1. The van der Waals surface area contributed by atoms with Crippen LogP contribution in [0.25, 0.3) is 0 Å². The van der Waals surface area contributed by atoms with Crippen LogP contribution in [0.1, 0.15) is 12.8 Å². The van der Waals surface area contributed by atoms with Gasteiger partial charge in [0.1, 0.15) is 5.75 Å². The summed E-state index contributed by atoms with van der Waals surface area (Å²) in [5.74, 6) is 0.876. The van der Waals surface area contributed by atoms with E-state index in [1.54, 1.807) is 7.11 Å². The lowest BCUT2D eigenvalue weighted by molar-refractivity contribution is 0.336. The van der Waals surface area contributed by atoms with E-state index >= 15 is 0 Å². The van der Waals surface area contributed by atoms with Crippen molar-refractivity contribution in [2.75, 3.05) is 20.2 Å². The van der Waals surface area contributed by atoms with E-state index in [1.807, 2.05) is 23.2 Å². The molecule has 0 radical (unpaired) electrons. The summed E-state index contributed by atoms with van der Waals surface area (Å²) in [4.78, 5) is 0. The highest BCUT2D eigenvalue weighted by Gasteiger charge is 2.08. The molecule has 0 aliphatic carbocycles. The minimum absolute atomic E-state index is 0.872. The largest absolute Gasteiger partial charge is 0.496 e. The van der Waals surface area contributed by atoms with Crippen molar-refractivity contribution in [3.05, 3.63) is 21.8 Å². The fourth-order valence-corrected chi connectivity index (χ4v) is 2.34. The molecule has 1 saturated heterocycles. The molecule has 1 aliphatic rings. The number of nitrogens with zero attached hydrogens (tertiary/aromatic N) is 3. The Hall–Kier alpha value is -0.850. The third kappa shape index (κ3) is 2.84. The average molecular weight is 331 g/mol. The highest BCUT2D eigenvalue weighted by molar-refractivity contribution is 14.1. The molecule has 86 valence electrons. The molecule has 0 N–H and O–H groups in total. The normalized spacial score (nSPS) is 16.0. The minimum atomic E-state index is 0.872. The monoisotopic (exact) mass is 331 g/mol. The number of benzene rings is 1. The molecule has 16 heavy (non-hydrogen) atoms. The first-order chi connectivity index (χ1) is 7.79. The first-order valence-corrected chi connectivity index (χ1v) is 6.37. The smallest absolute Gasteiger partial charge is 0.132 e. The number of rotatable bonds is 3. The van der Waals surface area contributed by atoms with Crippen molar-refractivity contribution in [2.24, 2.45) is 10.3 Å². The lowest BCUT2D eigenvalue weighted by atomic mass is 10.3. The molecule has 0 unspecified atom stereocenters. The third-order valence-corrected chi connectivity index (χ3v) is 3.35. The van der Waals surface area contributed by atoms with Crippen LogP contribution in [0, 0.1) is 3.57 Å². The Morgan fingerprint density at radius 1 is 1.31 bits per heavy atom. The van der Waals surface area contributed by atoms with Gasteiger partial charge in [0.25, 0.3) is 0 Å². The summed E-state index contributed by atoms with van der Waals surface area (Å²) in [5.41, 5.74) is 0.872. The van der Waals surface area contributed by atoms with Crippen molar-refractivity contribution < 1.29 is 4.74 Å². The summed E-state index contributed by atoms with van der Waals surface area (Å²) < 4.78 is 6.24. The molecule has 0 saturated carbocycles. The fourth-order valence-electron chi connectivity index (χ4n) is 1.62. The van der Waals surface area contributed by atoms with Crippen molar-refractivity contribution in [3.8, 4) is 5.75 Å². The van der Waals surface area contributed by atoms with Crippen LogP contribution >= 0.6 is 22.6 Å². The Bertz CT molecular complexity index is 389. The van der Waals surface area contributed by atoms with Crippen LogP contribution in [0.4, 0.5) is 5.69 Å². The molecule has 1 aromatic carbocycles. The molecule has 0 atom stereocenters. The van der Waals surface area contributed by atoms with Crippen molar-refractivity contribution in [3.63, 3.8) is 0 Å². The van der Waals surface area contributed by atoms with E-state index in [0.717, 1.165) is 28.1 Å². The van der Waals surface area contributed by atoms with E-state index in [1.165, 1.54) is 12.8 Å². The summed E-state index contributed by atoms with van der Waals surface area (Å²) in [6.45, 7) is 2.05. The zero-order valence-corrected chi connectivity index (χ0v) is 11.3. The van der Waals surface area contributed by atoms with Gasteiger partial charge in [-0.2, -0.15) is 0 Å². The molecule has 0 amide bonds. The van der Waals surface area contributed by atoms with Crippen molar-refractivity contribution in [1.82, 2.24) is 5.01 Å².